The van der Waals surface area contributed by atoms with E-state index in [-0.39, 0.29) is 23.1 Å². The van der Waals surface area contributed by atoms with Crippen LogP contribution in [0.3, 0.4) is 0 Å². The molecule has 166 valence electrons. The number of thiophene rings is 1. The summed E-state index contributed by atoms with van der Waals surface area (Å²) in [6, 6.07) is 16.4. The van der Waals surface area contributed by atoms with Crippen LogP contribution < -0.4 is 9.62 Å². The number of benzene rings is 2. The van der Waals surface area contributed by atoms with Gasteiger partial charge in [-0.05, 0) is 62.2 Å². The second-order valence-electron chi connectivity index (χ2n) is 7.35. The SMILES string of the molecule is CCOC(=O)c1ccc(NC(=O)c2cccc(S(=O)(=O)N3c4ccccc4C[C@H]3C)c2)s1. The summed E-state index contributed by atoms with van der Waals surface area (Å²) >= 11 is 1.09. The number of carbonyl (C=O) groups excluding carboxylic acids is 2. The molecule has 0 unspecified atom stereocenters. The van der Waals surface area contributed by atoms with Crippen LogP contribution in [-0.2, 0) is 21.2 Å². The Balaban J connectivity index is 1.57. The quantitative estimate of drug-likeness (QED) is 0.542. The number of amides is 1. The van der Waals surface area contributed by atoms with Crippen molar-refractivity contribution in [3.05, 3.63) is 76.7 Å². The van der Waals surface area contributed by atoms with Gasteiger partial charge in [0, 0.05) is 11.6 Å². The lowest BCUT2D eigenvalue weighted by Crippen LogP contribution is -2.35. The molecule has 2 aromatic carbocycles. The molecular weight excluding hydrogens is 448 g/mol. The Bertz CT molecular complexity index is 1280. The first-order valence-corrected chi connectivity index (χ1v) is 12.4. The Morgan fingerprint density at radius 2 is 1.91 bits per heavy atom. The summed E-state index contributed by atoms with van der Waals surface area (Å²) in [7, 11) is -3.85. The number of hydrogen-bond donors (Lipinski definition) is 1. The van der Waals surface area contributed by atoms with Crippen LogP contribution in [0.2, 0.25) is 0 Å². The molecule has 0 radical (unpaired) electrons. The number of nitrogens with one attached hydrogen (secondary N) is 1. The second-order valence-corrected chi connectivity index (χ2v) is 10.2. The van der Waals surface area contributed by atoms with Gasteiger partial charge in [0.1, 0.15) is 4.88 Å². The minimum atomic E-state index is -3.85. The number of fused-ring (bicyclic) bond motifs is 1. The smallest absolute Gasteiger partial charge is 0.348 e. The number of para-hydroxylation sites is 1. The molecule has 4 rings (SSSR count). The molecule has 1 aromatic heterocycles. The summed E-state index contributed by atoms with van der Waals surface area (Å²) in [6.45, 7) is 3.85. The molecule has 9 heteroatoms. The third-order valence-corrected chi connectivity index (χ3v) is 8.02. The van der Waals surface area contributed by atoms with Gasteiger partial charge in [-0.2, -0.15) is 0 Å². The van der Waals surface area contributed by atoms with Gasteiger partial charge in [-0.25, -0.2) is 13.2 Å². The van der Waals surface area contributed by atoms with Crippen molar-refractivity contribution < 1.29 is 22.7 Å². The molecule has 32 heavy (non-hydrogen) atoms. The highest BCUT2D eigenvalue weighted by Crippen LogP contribution is 2.36. The Kier molecular flexibility index (Phi) is 6.03. The van der Waals surface area contributed by atoms with E-state index in [1.165, 1.54) is 16.4 Å². The fourth-order valence-corrected chi connectivity index (χ4v) is 6.25. The number of rotatable bonds is 6. The second kappa shape index (κ2) is 8.76. The van der Waals surface area contributed by atoms with E-state index < -0.39 is 21.9 Å². The van der Waals surface area contributed by atoms with Crippen LogP contribution in [0.15, 0.2) is 65.6 Å². The highest BCUT2D eigenvalue weighted by molar-refractivity contribution is 7.92. The lowest BCUT2D eigenvalue weighted by molar-refractivity contribution is 0.0532. The van der Waals surface area contributed by atoms with Gasteiger partial charge in [-0.3, -0.25) is 9.10 Å². The van der Waals surface area contributed by atoms with E-state index in [2.05, 4.69) is 5.32 Å². The number of anilines is 2. The lowest BCUT2D eigenvalue weighted by atomic mass is 10.1. The van der Waals surface area contributed by atoms with Crippen molar-refractivity contribution in [2.75, 3.05) is 16.2 Å². The maximum atomic E-state index is 13.4. The van der Waals surface area contributed by atoms with Crippen molar-refractivity contribution in [1.82, 2.24) is 0 Å². The standard InChI is InChI=1S/C23H22N2O5S2/c1-3-30-23(27)20-11-12-21(31-20)24-22(26)17-8-6-9-18(14-17)32(28,29)25-15(2)13-16-7-4-5-10-19(16)25/h4-12,14-15H,3,13H2,1-2H3,(H,24,26)/t15-/m1/s1. The summed E-state index contributed by atoms with van der Waals surface area (Å²) in [5.74, 6) is -0.916. The molecule has 7 nitrogen and oxygen atoms in total. The van der Waals surface area contributed by atoms with Crippen LogP contribution in [0, 0.1) is 0 Å². The fourth-order valence-electron chi connectivity index (χ4n) is 3.72. The monoisotopic (exact) mass is 470 g/mol. The molecule has 0 saturated heterocycles. The van der Waals surface area contributed by atoms with E-state index in [1.54, 1.807) is 37.3 Å². The minimum absolute atomic E-state index is 0.0482. The van der Waals surface area contributed by atoms with Crippen LogP contribution >= 0.6 is 11.3 Å². The van der Waals surface area contributed by atoms with E-state index in [1.807, 2.05) is 25.1 Å². The van der Waals surface area contributed by atoms with Gasteiger partial charge in [0.15, 0.2) is 0 Å². The third-order valence-electron chi connectivity index (χ3n) is 5.12. The minimum Gasteiger partial charge on any atom is -0.462 e. The van der Waals surface area contributed by atoms with E-state index >= 15 is 0 Å². The molecule has 1 N–H and O–H groups in total. The van der Waals surface area contributed by atoms with Gasteiger partial charge >= 0.3 is 5.97 Å². The third kappa shape index (κ3) is 4.13. The van der Waals surface area contributed by atoms with E-state index in [9.17, 15) is 18.0 Å². The van der Waals surface area contributed by atoms with E-state index in [0.29, 0.717) is 22.0 Å². The van der Waals surface area contributed by atoms with Gasteiger partial charge in [0.05, 0.1) is 22.2 Å². The summed E-state index contributed by atoms with van der Waals surface area (Å²) in [5.41, 5.74) is 1.85. The van der Waals surface area contributed by atoms with Crippen LogP contribution in [0.4, 0.5) is 10.7 Å². The molecule has 0 bridgehead atoms. The van der Waals surface area contributed by atoms with Crippen molar-refractivity contribution in [3.63, 3.8) is 0 Å². The molecule has 0 saturated carbocycles. The number of hydrogen-bond acceptors (Lipinski definition) is 6. The zero-order valence-corrected chi connectivity index (χ0v) is 19.2. The predicted octanol–water partition coefficient (Wildman–Crippen LogP) is 4.32. The molecule has 1 atom stereocenters. The van der Waals surface area contributed by atoms with Crippen molar-refractivity contribution in [2.45, 2.75) is 31.2 Å². The first-order valence-electron chi connectivity index (χ1n) is 10.1. The largest absolute Gasteiger partial charge is 0.462 e. The molecule has 0 spiro atoms. The summed E-state index contributed by atoms with van der Waals surface area (Å²) in [4.78, 5) is 25.0. The first kappa shape index (κ1) is 22.0. The van der Waals surface area contributed by atoms with Crippen LogP contribution in [-0.4, -0.2) is 32.9 Å². The molecule has 1 aliphatic heterocycles. The topological polar surface area (TPSA) is 92.8 Å². The highest BCUT2D eigenvalue weighted by Gasteiger charge is 2.36. The van der Waals surface area contributed by atoms with Crippen molar-refractivity contribution in [2.24, 2.45) is 0 Å². The number of sulfonamides is 1. The molecule has 3 aromatic rings. The molecule has 1 amide bonds. The average molecular weight is 471 g/mol. The van der Waals surface area contributed by atoms with Crippen LogP contribution in [0.25, 0.3) is 0 Å². The molecule has 2 heterocycles. The number of carbonyl (C=O) groups is 2. The maximum Gasteiger partial charge on any atom is 0.348 e. The fraction of sp³-hybridized carbons (Fsp3) is 0.217. The Morgan fingerprint density at radius 3 is 2.69 bits per heavy atom. The van der Waals surface area contributed by atoms with Crippen molar-refractivity contribution in [3.8, 4) is 0 Å². The number of ether oxygens (including phenoxy) is 1. The lowest BCUT2D eigenvalue weighted by Gasteiger charge is -2.24. The number of nitrogens with zero attached hydrogens (tertiary/aromatic N) is 1. The highest BCUT2D eigenvalue weighted by atomic mass is 32.2. The maximum absolute atomic E-state index is 13.4. The normalized spacial score (nSPS) is 15.3. The molecule has 0 fully saturated rings. The van der Waals surface area contributed by atoms with Crippen molar-refractivity contribution in [1.29, 1.82) is 0 Å². The Morgan fingerprint density at radius 1 is 1.12 bits per heavy atom. The first-order chi connectivity index (χ1) is 15.3. The summed E-state index contributed by atoms with van der Waals surface area (Å²) < 4.78 is 33.2. The Labute approximate surface area is 190 Å². The Hall–Kier alpha value is -3.17. The van der Waals surface area contributed by atoms with Crippen molar-refractivity contribution >= 4 is 43.9 Å². The predicted molar refractivity (Wildman–Crippen MR) is 124 cm³/mol. The van der Waals surface area contributed by atoms with E-state index in [0.717, 1.165) is 16.9 Å². The van der Waals surface area contributed by atoms with E-state index in [4.69, 9.17) is 4.74 Å². The van der Waals surface area contributed by atoms with Gasteiger partial charge < -0.3 is 10.1 Å². The van der Waals surface area contributed by atoms with Gasteiger partial charge in [0.2, 0.25) is 0 Å². The van der Waals surface area contributed by atoms with Gasteiger partial charge in [0.25, 0.3) is 15.9 Å². The molecule has 0 aliphatic carbocycles. The summed E-state index contributed by atoms with van der Waals surface area (Å²) in [6.07, 6.45) is 0.636. The average Bonchev–Trinajstić information content (AvgIpc) is 3.37. The van der Waals surface area contributed by atoms with Crippen LogP contribution in [0.5, 0.6) is 0 Å². The van der Waals surface area contributed by atoms with Gasteiger partial charge in [-0.15, -0.1) is 11.3 Å². The number of esters is 1. The molecular formula is C23H22N2O5S2. The zero-order chi connectivity index (χ0) is 22.9. The van der Waals surface area contributed by atoms with Gasteiger partial charge in [-0.1, -0.05) is 24.3 Å². The summed E-state index contributed by atoms with van der Waals surface area (Å²) in [5, 5.41) is 3.18. The molecule has 1 aliphatic rings. The zero-order valence-electron chi connectivity index (χ0n) is 17.6. The van der Waals surface area contributed by atoms with Crippen LogP contribution in [0.1, 0.15) is 39.4 Å².